The third-order valence-corrected chi connectivity index (χ3v) is 6.62. The molecule has 1 aliphatic rings. The molecule has 164 valence electrons. The number of amides is 3. The Labute approximate surface area is 197 Å². The summed E-state index contributed by atoms with van der Waals surface area (Å²) < 4.78 is 1.88. The molecule has 0 spiro atoms. The van der Waals surface area contributed by atoms with Crippen LogP contribution in [0.25, 0.3) is 17.1 Å². The van der Waals surface area contributed by atoms with E-state index in [4.69, 9.17) is 11.6 Å². The molecule has 4 rings (SSSR count). The van der Waals surface area contributed by atoms with Crippen molar-refractivity contribution < 1.29 is 14.4 Å². The molecule has 11 heteroatoms. The van der Waals surface area contributed by atoms with Gasteiger partial charge >= 0.3 is 0 Å². The van der Waals surface area contributed by atoms with Gasteiger partial charge in [-0.2, -0.15) is 0 Å². The first-order valence-electron chi connectivity index (χ1n) is 9.66. The summed E-state index contributed by atoms with van der Waals surface area (Å²) in [6.45, 7) is 0.372. The van der Waals surface area contributed by atoms with Crippen LogP contribution in [0.1, 0.15) is 0 Å². The van der Waals surface area contributed by atoms with E-state index in [0.717, 1.165) is 27.9 Å². The van der Waals surface area contributed by atoms with Crippen molar-refractivity contribution in [1.82, 2.24) is 25.0 Å². The topological polar surface area (TPSA) is 97.2 Å². The first-order valence-corrected chi connectivity index (χ1v) is 12.0. The van der Waals surface area contributed by atoms with Crippen LogP contribution in [0.3, 0.4) is 0 Å². The Morgan fingerprint density at radius 2 is 1.84 bits per heavy atom. The summed E-state index contributed by atoms with van der Waals surface area (Å²) in [5.41, 5.74) is 1.72. The van der Waals surface area contributed by atoms with Crippen LogP contribution in [-0.4, -0.2) is 61.3 Å². The zero-order valence-electron chi connectivity index (χ0n) is 16.7. The lowest BCUT2D eigenvalue weighted by Crippen LogP contribution is -2.38. The molecule has 0 atom stereocenters. The number of hydrogen-bond donors (Lipinski definition) is 1. The molecular formula is C21H18ClN5O3S2. The van der Waals surface area contributed by atoms with E-state index in [2.05, 4.69) is 15.5 Å². The van der Waals surface area contributed by atoms with Crippen molar-refractivity contribution in [3.8, 4) is 17.1 Å². The maximum Gasteiger partial charge on any atom is 0.288 e. The second kappa shape index (κ2) is 10.2. The molecule has 8 nitrogen and oxygen atoms in total. The molecule has 1 N–H and O–H groups in total. The minimum absolute atomic E-state index is 0.108. The van der Waals surface area contributed by atoms with E-state index in [0.29, 0.717) is 16.0 Å². The normalized spacial score (nSPS) is 13.6. The minimum Gasteiger partial charge on any atom is -0.354 e. The van der Waals surface area contributed by atoms with Gasteiger partial charge in [-0.3, -0.25) is 23.9 Å². The third kappa shape index (κ3) is 5.14. The average Bonchev–Trinajstić information content (AvgIpc) is 3.37. The number of aromatic nitrogens is 3. The van der Waals surface area contributed by atoms with E-state index in [-0.39, 0.29) is 41.6 Å². The molecular weight excluding hydrogens is 470 g/mol. The highest BCUT2D eigenvalue weighted by molar-refractivity contribution is 8.14. The zero-order valence-corrected chi connectivity index (χ0v) is 19.1. The fourth-order valence-electron chi connectivity index (χ4n) is 3.05. The Hall–Kier alpha value is -2.82. The van der Waals surface area contributed by atoms with Crippen LogP contribution in [0.15, 0.2) is 59.8 Å². The number of nitrogens with one attached hydrogen (secondary N) is 1. The van der Waals surface area contributed by atoms with Crippen LogP contribution < -0.4 is 5.32 Å². The van der Waals surface area contributed by atoms with Gasteiger partial charge in [0.05, 0.1) is 11.5 Å². The summed E-state index contributed by atoms with van der Waals surface area (Å²) in [6.07, 6.45) is 0. The monoisotopic (exact) mass is 487 g/mol. The molecule has 3 aromatic rings. The molecule has 0 bridgehead atoms. The molecule has 0 radical (unpaired) electrons. The van der Waals surface area contributed by atoms with E-state index in [1.165, 1.54) is 11.8 Å². The lowest BCUT2D eigenvalue weighted by Gasteiger charge is -2.13. The van der Waals surface area contributed by atoms with Crippen LogP contribution in [0, 0.1) is 0 Å². The molecule has 0 aliphatic carbocycles. The highest BCUT2D eigenvalue weighted by Crippen LogP contribution is 2.28. The summed E-state index contributed by atoms with van der Waals surface area (Å²) in [6, 6.07) is 16.9. The standard InChI is InChI=1S/C21H18ClN5O3S2/c22-15-6-8-16(9-7-15)27-19(14-4-2-1-3-5-14)24-25-20(27)31-12-17(28)23-10-11-26-18(29)13-32-21(26)30/h1-9H,10-13H2,(H,23,28). The Morgan fingerprint density at radius 1 is 1.09 bits per heavy atom. The van der Waals surface area contributed by atoms with Crippen molar-refractivity contribution in [2.24, 2.45) is 0 Å². The predicted molar refractivity (Wildman–Crippen MR) is 125 cm³/mol. The average molecular weight is 488 g/mol. The van der Waals surface area contributed by atoms with E-state index in [1.807, 2.05) is 47.0 Å². The number of thioether (sulfide) groups is 2. The number of benzene rings is 2. The van der Waals surface area contributed by atoms with Crippen LogP contribution in [0.4, 0.5) is 4.79 Å². The maximum absolute atomic E-state index is 12.3. The largest absolute Gasteiger partial charge is 0.354 e. The van der Waals surface area contributed by atoms with Crippen LogP contribution >= 0.6 is 35.1 Å². The zero-order chi connectivity index (χ0) is 22.5. The molecule has 0 saturated carbocycles. The number of halogens is 1. The van der Waals surface area contributed by atoms with E-state index >= 15 is 0 Å². The number of carbonyl (C=O) groups excluding carboxylic acids is 3. The minimum atomic E-state index is -0.275. The fraction of sp³-hybridized carbons (Fsp3) is 0.190. The Bertz CT molecular complexity index is 1120. The fourth-order valence-corrected chi connectivity index (χ4v) is 4.71. The smallest absolute Gasteiger partial charge is 0.288 e. The number of imide groups is 1. The lowest BCUT2D eigenvalue weighted by atomic mass is 10.2. The molecule has 1 fully saturated rings. The van der Waals surface area contributed by atoms with E-state index in [9.17, 15) is 14.4 Å². The van der Waals surface area contributed by atoms with Crippen molar-refractivity contribution in [1.29, 1.82) is 0 Å². The molecule has 1 saturated heterocycles. The Balaban J connectivity index is 1.44. The van der Waals surface area contributed by atoms with Crippen LogP contribution in [-0.2, 0) is 9.59 Å². The van der Waals surface area contributed by atoms with Gasteiger partial charge in [-0.1, -0.05) is 65.5 Å². The van der Waals surface area contributed by atoms with Gasteiger partial charge < -0.3 is 5.32 Å². The maximum atomic E-state index is 12.3. The highest BCUT2D eigenvalue weighted by atomic mass is 35.5. The number of hydrogen-bond acceptors (Lipinski definition) is 7. The van der Waals surface area contributed by atoms with Gasteiger partial charge in [-0.25, -0.2) is 0 Å². The molecule has 3 amide bonds. The SMILES string of the molecule is O=C(CSc1nnc(-c2ccccc2)n1-c1ccc(Cl)cc1)NCCN1C(=O)CSC1=O. The number of carbonyl (C=O) groups is 3. The van der Waals surface area contributed by atoms with Crippen LogP contribution in [0.5, 0.6) is 0 Å². The Kier molecular flexibility index (Phi) is 7.13. The molecule has 2 aromatic carbocycles. The predicted octanol–water partition coefficient (Wildman–Crippen LogP) is 3.49. The second-order valence-corrected chi connectivity index (χ2v) is 9.03. The summed E-state index contributed by atoms with van der Waals surface area (Å²) in [7, 11) is 0. The van der Waals surface area contributed by atoms with Gasteiger partial charge in [0.1, 0.15) is 0 Å². The molecule has 1 aliphatic heterocycles. The molecule has 2 heterocycles. The summed E-state index contributed by atoms with van der Waals surface area (Å²) in [5.74, 6) is 0.463. The van der Waals surface area contributed by atoms with Gasteiger partial charge in [-0.15, -0.1) is 10.2 Å². The first kappa shape index (κ1) is 22.4. The Morgan fingerprint density at radius 3 is 2.53 bits per heavy atom. The number of rotatable bonds is 8. The van der Waals surface area contributed by atoms with E-state index < -0.39 is 0 Å². The van der Waals surface area contributed by atoms with Crippen molar-refractivity contribution in [2.45, 2.75) is 5.16 Å². The highest BCUT2D eigenvalue weighted by Gasteiger charge is 2.29. The van der Waals surface area contributed by atoms with Gasteiger partial charge in [-0.05, 0) is 24.3 Å². The quantitative estimate of drug-likeness (QED) is 0.486. The lowest BCUT2D eigenvalue weighted by molar-refractivity contribution is -0.125. The molecule has 32 heavy (non-hydrogen) atoms. The van der Waals surface area contributed by atoms with Crippen molar-refractivity contribution in [2.75, 3.05) is 24.6 Å². The van der Waals surface area contributed by atoms with Crippen LogP contribution in [0.2, 0.25) is 5.02 Å². The van der Waals surface area contributed by atoms with Gasteiger partial charge in [0.2, 0.25) is 11.8 Å². The molecule has 1 aromatic heterocycles. The van der Waals surface area contributed by atoms with Gasteiger partial charge in [0, 0.05) is 29.4 Å². The van der Waals surface area contributed by atoms with Crippen molar-refractivity contribution >= 4 is 52.2 Å². The van der Waals surface area contributed by atoms with E-state index in [1.54, 1.807) is 12.1 Å². The third-order valence-electron chi connectivity index (χ3n) is 4.58. The molecule has 0 unspecified atom stereocenters. The first-order chi connectivity index (χ1) is 15.5. The number of nitrogens with zero attached hydrogens (tertiary/aromatic N) is 4. The van der Waals surface area contributed by atoms with Crippen molar-refractivity contribution in [3.05, 3.63) is 59.6 Å². The summed E-state index contributed by atoms with van der Waals surface area (Å²) in [4.78, 5) is 36.7. The van der Waals surface area contributed by atoms with Gasteiger partial charge in [0.15, 0.2) is 11.0 Å². The summed E-state index contributed by atoms with van der Waals surface area (Å²) >= 11 is 8.26. The van der Waals surface area contributed by atoms with Crippen molar-refractivity contribution in [3.63, 3.8) is 0 Å². The van der Waals surface area contributed by atoms with Gasteiger partial charge in [0.25, 0.3) is 5.24 Å². The summed E-state index contributed by atoms with van der Waals surface area (Å²) in [5, 5.41) is 12.3. The second-order valence-electron chi connectivity index (χ2n) is 6.72.